The third-order valence-corrected chi connectivity index (χ3v) is 5.89. The first-order valence-electron chi connectivity index (χ1n) is 11.4. The SMILES string of the molecule is CCCCCCCCCCCCc1ccc(C(=O)N2CCCC2C(=N)N)cc1.Cl. The number of benzene rings is 1. The molecule has 1 aromatic carbocycles. The molecule has 1 aromatic rings. The van der Waals surface area contributed by atoms with E-state index in [1.807, 2.05) is 12.1 Å². The molecule has 1 fully saturated rings. The number of nitrogens with one attached hydrogen (secondary N) is 1. The van der Waals surface area contributed by atoms with Gasteiger partial charge in [0.2, 0.25) is 0 Å². The van der Waals surface area contributed by atoms with Crippen molar-refractivity contribution in [2.24, 2.45) is 5.73 Å². The van der Waals surface area contributed by atoms with Crippen molar-refractivity contribution in [3.05, 3.63) is 35.4 Å². The molecule has 1 aliphatic heterocycles. The van der Waals surface area contributed by atoms with Gasteiger partial charge in [0.15, 0.2) is 0 Å². The molecule has 164 valence electrons. The number of nitrogens with zero attached hydrogens (tertiary/aromatic N) is 1. The first-order chi connectivity index (χ1) is 13.6. The topological polar surface area (TPSA) is 70.2 Å². The van der Waals surface area contributed by atoms with Gasteiger partial charge in [-0.05, 0) is 43.4 Å². The van der Waals surface area contributed by atoms with Crippen molar-refractivity contribution in [3.63, 3.8) is 0 Å². The van der Waals surface area contributed by atoms with E-state index < -0.39 is 0 Å². The van der Waals surface area contributed by atoms with Crippen LogP contribution in [0.5, 0.6) is 0 Å². The molecule has 1 saturated heterocycles. The van der Waals surface area contributed by atoms with Gasteiger partial charge in [0.25, 0.3) is 5.91 Å². The molecule has 4 nitrogen and oxygen atoms in total. The number of hydrogen-bond acceptors (Lipinski definition) is 2. The van der Waals surface area contributed by atoms with Gasteiger partial charge in [-0.15, -0.1) is 12.4 Å². The highest BCUT2D eigenvalue weighted by atomic mass is 35.5. The molecule has 1 unspecified atom stereocenters. The first kappa shape index (κ1) is 25.5. The lowest BCUT2D eigenvalue weighted by Crippen LogP contribution is -2.43. The van der Waals surface area contributed by atoms with Gasteiger partial charge in [0.1, 0.15) is 5.84 Å². The molecule has 29 heavy (non-hydrogen) atoms. The molecule has 3 N–H and O–H groups in total. The maximum Gasteiger partial charge on any atom is 0.254 e. The Morgan fingerprint density at radius 1 is 1.00 bits per heavy atom. The normalized spacial score (nSPS) is 15.9. The maximum absolute atomic E-state index is 12.7. The zero-order chi connectivity index (χ0) is 20.2. The Bertz CT molecular complexity index is 603. The average molecular weight is 422 g/mol. The molecule has 2 rings (SSSR count). The minimum atomic E-state index is -0.223. The summed E-state index contributed by atoms with van der Waals surface area (Å²) in [5, 5.41) is 7.67. The molecule has 0 aromatic heterocycles. The van der Waals surface area contributed by atoms with Crippen LogP contribution < -0.4 is 5.73 Å². The summed E-state index contributed by atoms with van der Waals surface area (Å²) in [4.78, 5) is 14.4. The van der Waals surface area contributed by atoms with Crippen LogP contribution in [-0.4, -0.2) is 29.2 Å². The van der Waals surface area contributed by atoms with E-state index in [0.717, 1.165) is 19.3 Å². The highest BCUT2D eigenvalue weighted by molar-refractivity contribution is 5.98. The summed E-state index contributed by atoms with van der Waals surface area (Å²) in [6.45, 7) is 2.96. The Morgan fingerprint density at radius 3 is 2.10 bits per heavy atom. The van der Waals surface area contributed by atoms with Crippen molar-refractivity contribution in [2.75, 3.05) is 6.54 Å². The Morgan fingerprint density at radius 2 is 1.55 bits per heavy atom. The van der Waals surface area contributed by atoms with E-state index in [-0.39, 0.29) is 30.2 Å². The fourth-order valence-electron chi connectivity index (χ4n) is 4.13. The Labute approximate surface area is 183 Å². The number of likely N-dealkylation sites (tertiary alicyclic amines) is 1. The van der Waals surface area contributed by atoms with Crippen LogP contribution in [0.1, 0.15) is 99.9 Å². The number of halogens is 1. The summed E-state index contributed by atoms with van der Waals surface area (Å²) in [6, 6.07) is 7.81. The number of amidine groups is 1. The van der Waals surface area contributed by atoms with E-state index in [4.69, 9.17) is 11.1 Å². The van der Waals surface area contributed by atoms with Gasteiger partial charge < -0.3 is 10.6 Å². The average Bonchev–Trinajstić information content (AvgIpc) is 3.19. The number of amides is 1. The highest BCUT2D eigenvalue weighted by Crippen LogP contribution is 2.20. The van der Waals surface area contributed by atoms with E-state index in [1.54, 1.807) is 4.90 Å². The van der Waals surface area contributed by atoms with Crippen molar-refractivity contribution in [2.45, 2.75) is 96.4 Å². The second-order valence-corrected chi connectivity index (χ2v) is 8.24. The van der Waals surface area contributed by atoms with Gasteiger partial charge in [-0.25, -0.2) is 0 Å². The van der Waals surface area contributed by atoms with Crippen molar-refractivity contribution < 1.29 is 4.79 Å². The number of rotatable bonds is 13. The van der Waals surface area contributed by atoms with Gasteiger partial charge in [0, 0.05) is 12.1 Å². The zero-order valence-corrected chi connectivity index (χ0v) is 18.9. The van der Waals surface area contributed by atoms with E-state index in [2.05, 4.69) is 19.1 Å². The van der Waals surface area contributed by atoms with Crippen molar-refractivity contribution in [1.29, 1.82) is 5.41 Å². The fourth-order valence-corrected chi connectivity index (χ4v) is 4.13. The fraction of sp³-hybridized carbons (Fsp3) is 0.667. The summed E-state index contributed by atoms with van der Waals surface area (Å²) >= 11 is 0. The van der Waals surface area contributed by atoms with E-state index in [1.165, 1.54) is 69.8 Å². The monoisotopic (exact) mass is 421 g/mol. The van der Waals surface area contributed by atoms with Crippen molar-refractivity contribution in [1.82, 2.24) is 4.90 Å². The molecule has 1 aliphatic rings. The molecule has 0 spiro atoms. The highest BCUT2D eigenvalue weighted by Gasteiger charge is 2.31. The molecule has 0 radical (unpaired) electrons. The number of carbonyl (C=O) groups is 1. The predicted molar refractivity (Wildman–Crippen MR) is 125 cm³/mol. The molecule has 1 heterocycles. The van der Waals surface area contributed by atoms with Crippen LogP contribution in [0, 0.1) is 5.41 Å². The lowest BCUT2D eigenvalue weighted by Gasteiger charge is -2.23. The maximum atomic E-state index is 12.7. The second kappa shape index (κ2) is 14.4. The summed E-state index contributed by atoms with van der Waals surface area (Å²) in [5.74, 6) is 0.103. The number of unbranched alkanes of at least 4 members (excludes halogenated alkanes) is 9. The molecule has 0 saturated carbocycles. The summed E-state index contributed by atoms with van der Waals surface area (Å²) in [5.41, 5.74) is 7.66. The number of carbonyl (C=O) groups excluding carboxylic acids is 1. The van der Waals surface area contributed by atoms with Crippen molar-refractivity contribution >= 4 is 24.1 Å². The van der Waals surface area contributed by atoms with Gasteiger partial charge in [-0.2, -0.15) is 0 Å². The smallest absolute Gasteiger partial charge is 0.254 e. The summed E-state index contributed by atoms with van der Waals surface area (Å²) in [7, 11) is 0. The number of nitrogens with two attached hydrogens (primary N) is 1. The molecule has 1 amide bonds. The van der Waals surface area contributed by atoms with E-state index >= 15 is 0 Å². The van der Waals surface area contributed by atoms with Gasteiger partial charge in [0.05, 0.1) is 6.04 Å². The molecule has 0 bridgehead atoms. The standard InChI is InChI=1S/C24H39N3O.ClH/c1-2-3-4-5-6-7-8-9-10-11-13-20-15-17-21(18-16-20)24(28)27-19-12-14-22(27)23(25)26;/h15-18,22H,2-14,19H2,1H3,(H3,25,26);1H. The molecular formula is C24H40ClN3O. The van der Waals surface area contributed by atoms with Gasteiger partial charge >= 0.3 is 0 Å². The molecular weight excluding hydrogens is 382 g/mol. The van der Waals surface area contributed by atoms with Crippen LogP contribution in [0.15, 0.2) is 24.3 Å². The van der Waals surface area contributed by atoms with Crippen LogP contribution in [-0.2, 0) is 6.42 Å². The van der Waals surface area contributed by atoms with Gasteiger partial charge in [-0.3, -0.25) is 10.2 Å². The number of aryl methyl sites for hydroxylation is 1. The van der Waals surface area contributed by atoms with E-state index in [9.17, 15) is 4.79 Å². The molecule has 5 heteroatoms. The van der Waals surface area contributed by atoms with Crippen LogP contribution in [0.2, 0.25) is 0 Å². The Hall–Kier alpha value is -1.55. The summed E-state index contributed by atoms with van der Waals surface area (Å²) in [6.07, 6.45) is 16.4. The first-order valence-corrected chi connectivity index (χ1v) is 11.4. The van der Waals surface area contributed by atoms with Crippen LogP contribution >= 0.6 is 12.4 Å². The molecule has 1 atom stereocenters. The minimum absolute atomic E-state index is 0. The van der Waals surface area contributed by atoms with Gasteiger partial charge in [-0.1, -0.05) is 76.8 Å². The summed E-state index contributed by atoms with van der Waals surface area (Å²) < 4.78 is 0. The van der Waals surface area contributed by atoms with Crippen LogP contribution in [0.4, 0.5) is 0 Å². The minimum Gasteiger partial charge on any atom is -0.386 e. The molecule has 0 aliphatic carbocycles. The van der Waals surface area contributed by atoms with E-state index in [0.29, 0.717) is 12.1 Å². The van der Waals surface area contributed by atoms with Crippen molar-refractivity contribution in [3.8, 4) is 0 Å². The number of hydrogen-bond donors (Lipinski definition) is 2. The lowest BCUT2D eigenvalue weighted by atomic mass is 10.0. The largest absolute Gasteiger partial charge is 0.386 e. The zero-order valence-electron chi connectivity index (χ0n) is 18.1. The lowest BCUT2D eigenvalue weighted by molar-refractivity contribution is 0.0769. The predicted octanol–water partition coefficient (Wildman–Crippen LogP) is 6.11. The third-order valence-electron chi connectivity index (χ3n) is 5.89. The second-order valence-electron chi connectivity index (χ2n) is 8.24. The Kier molecular flexibility index (Phi) is 12.7. The third kappa shape index (κ3) is 8.77. The quantitative estimate of drug-likeness (QED) is 0.229. The van der Waals surface area contributed by atoms with Crippen LogP contribution in [0.25, 0.3) is 0 Å². The Balaban J connectivity index is 0.00000420. The van der Waals surface area contributed by atoms with Crippen LogP contribution in [0.3, 0.4) is 0 Å².